The molecule has 2 aliphatic heterocycles. The van der Waals surface area contributed by atoms with Crippen LogP contribution in [0, 0.1) is 0 Å². The molecular weight excluding hydrogens is 489 g/mol. The number of anilines is 1. The molecule has 0 aliphatic carbocycles. The molecule has 1 aromatic carbocycles. The number of aliphatic carboxylic acids is 1. The van der Waals surface area contributed by atoms with Crippen LogP contribution in [-0.2, 0) is 20.8 Å². The molecule has 4 N–H and O–H groups in total. The predicted octanol–water partition coefficient (Wildman–Crippen LogP) is -3.36. The number of carbonyl (C=O) groups is 3. The number of carboxylic acid groups (broad SMARTS) is 1. The number of nitrogens with zero attached hydrogens (tertiary/aromatic N) is 4. The summed E-state index contributed by atoms with van der Waals surface area (Å²) >= 11 is 2.42. The molecule has 168 valence electrons. The van der Waals surface area contributed by atoms with Crippen LogP contribution >= 0.6 is 23.5 Å². The Morgan fingerprint density at radius 1 is 1.29 bits per heavy atom. The molecule has 4 heterocycles. The first-order valence-corrected chi connectivity index (χ1v) is 11.7. The van der Waals surface area contributed by atoms with Crippen molar-refractivity contribution < 1.29 is 49.0 Å². The molecule has 1 fully saturated rings. The van der Waals surface area contributed by atoms with Gasteiger partial charge in [0, 0.05) is 10.7 Å². The SMILES string of the molecule is Nc1nc(SC2=C(C(=O)[O-])N3C(=O)C(NC(=O)Cc4ccccc4)[C@H]3SC2)c2[nH]cnc2n1.[Na+]. The molecule has 2 atom stereocenters. The summed E-state index contributed by atoms with van der Waals surface area (Å²) in [5.41, 5.74) is 7.19. The first-order chi connectivity index (χ1) is 15.9. The molecule has 1 unspecified atom stereocenters. The molecule has 0 saturated carbocycles. The van der Waals surface area contributed by atoms with Gasteiger partial charge in [-0.25, -0.2) is 9.97 Å². The van der Waals surface area contributed by atoms with E-state index in [0.29, 0.717) is 21.1 Å². The van der Waals surface area contributed by atoms with E-state index in [4.69, 9.17) is 5.73 Å². The van der Waals surface area contributed by atoms with Gasteiger partial charge in [-0.05, 0) is 5.56 Å². The molecule has 5 rings (SSSR count). The number of amides is 2. The number of fused-ring (bicyclic) bond motifs is 2. The normalized spacial score (nSPS) is 19.3. The standard InChI is InChI=1S/C20H17N7O4S2.Na/c21-20-25-15-12(22-8-23-15)16(26-20)33-10-7-32-18-13(17(29)27(18)14(10)19(30)31)24-11(28)6-9-4-2-1-3-5-9;/h1-5,8,13,18H,6-7H2,(H,24,28)(H,30,31)(H3,21,22,23,25,26);/q;+1/p-1/t13?,18-;/m1./s1. The molecule has 34 heavy (non-hydrogen) atoms. The minimum atomic E-state index is -1.48. The van der Waals surface area contributed by atoms with Gasteiger partial charge in [-0.3, -0.25) is 14.5 Å². The van der Waals surface area contributed by atoms with Crippen LogP contribution in [-0.4, -0.2) is 59.8 Å². The van der Waals surface area contributed by atoms with Crippen LogP contribution in [0.2, 0.25) is 0 Å². The van der Waals surface area contributed by atoms with E-state index in [1.54, 1.807) is 0 Å². The number of hydrogen-bond acceptors (Lipinski definition) is 10. The Hall–Kier alpha value is -2.58. The van der Waals surface area contributed by atoms with Gasteiger partial charge in [0.25, 0.3) is 5.91 Å². The van der Waals surface area contributed by atoms with Crippen molar-refractivity contribution in [3.05, 3.63) is 52.8 Å². The maximum atomic E-state index is 12.8. The molecule has 11 nitrogen and oxygen atoms in total. The maximum absolute atomic E-state index is 12.8. The van der Waals surface area contributed by atoms with Crippen LogP contribution in [0.3, 0.4) is 0 Å². The largest absolute Gasteiger partial charge is 1.00 e. The van der Waals surface area contributed by atoms with E-state index >= 15 is 0 Å². The number of nitrogens with two attached hydrogens (primary N) is 1. The van der Waals surface area contributed by atoms with Crippen molar-refractivity contribution >= 4 is 58.4 Å². The Morgan fingerprint density at radius 3 is 2.79 bits per heavy atom. The number of carboxylic acids is 1. The quantitative estimate of drug-likeness (QED) is 0.175. The number of aromatic nitrogens is 4. The fraction of sp³-hybridized carbons (Fsp3) is 0.200. The first kappa shape index (κ1) is 24.5. The Morgan fingerprint density at radius 2 is 2.06 bits per heavy atom. The van der Waals surface area contributed by atoms with E-state index in [1.807, 2.05) is 30.3 Å². The zero-order valence-electron chi connectivity index (χ0n) is 17.8. The number of hydrogen-bond donors (Lipinski definition) is 3. The molecule has 0 radical (unpaired) electrons. The van der Waals surface area contributed by atoms with Crippen LogP contribution in [0.15, 0.2) is 52.3 Å². The van der Waals surface area contributed by atoms with E-state index in [-0.39, 0.29) is 59.3 Å². The van der Waals surface area contributed by atoms with E-state index in [0.717, 1.165) is 22.2 Å². The van der Waals surface area contributed by atoms with Crippen molar-refractivity contribution in [2.45, 2.75) is 22.9 Å². The van der Waals surface area contributed by atoms with Crippen LogP contribution in [0.1, 0.15) is 5.56 Å². The molecule has 1 saturated heterocycles. The third-order valence-corrected chi connectivity index (χ3v) is 7.68. The maximum Gasteiger partial charge on any atom is 1.00 e. The summed E-state index contributed by atoms with van der Waals surface area (Å²) in [6.07, 6.45) is 1.56. The van der Waals surface area contributed by atoms with Crippen LogP contribution in [0.25, 0.3) is 11.2 Å². The van der Waals surface area contributed by atoms with Gasteiger partial charge in [-0.2, -0.15) is 4.98 Å². The molecule has 2 aliphatic rings. The van der Waals surface area contributed by atoms with Crippen molar-refractivity contribution in [2.24, 2.45) is 0 Å². The fourth-order valence-corrected chi connectivity index (χ4v) is 6.22. The number of β-lactam (4-membered cyclic amide) rings is 1. The number of aromatic amines is 1. The molecule has 2 amide bonds. The Kier molecular flexibility index (Phi) is 7.19. The summed E-state index contributed by atoms with van der Waals surface area (Å²) in [4.78, 5) is 53.9. The third kappa shape index (κ3) is 4.53. The minimum absolute atomic E-state index is 0. The number of nitrogens with one attached hydrogen (secondary N) is 2. The predicted molar refractivity (Wildman–Crippen MR) is 119 cm³/mol. The summed E-state index contributed by atoms with van der Waals surface area (Å²) in [5.74, 6) is -2.01. The molecule has 0 spiro atoms. The second kappa shape index (κ2) is 9.96. The van der Waals surface area contributed by atoms with E-state index in [1.165, 1.54) is 18.1 Å². The fourth-order valence-electron chi connectivity index (χ4n) is 3.68. The number of H-pyrrole nitrogens is 1. The molecular formula is C20H16N7NaO4S2. The monoisotopic (exact) mass is 505 g/mol. The van der Waals surface area contributed by atoms with Gasteiger partial charge in [0.2, 0.25) is 11.9 Å². The summed E-state index contributed by atoms with van der Waals surface area (Å²) in [5, 5.41) is 14.6. The van der Waals surface area contributed by atoms with Gasteiger partial charge in [0.15, 0.2) is 5.65 Å². The van der Waals surface area contributed by atoms with Crippen molar-refractivity contribution in [1.82, 2.24) is 30.2 Å². The van der Waals surface area contributed by atoms with Gasteiger partial charge in [0.1, 0.15) is 22.0 Å². The third-order valence-electron chi connectivity index (χ3n) is 5.14. The van der Waals surface area contributed by atoms with Gasteiger partial charge < -0.3 is 25.9 Å². The average molecular weight is 506 g/mol. The number of rotatable bonds is 6. The second-order valence-corrected chi connectivity index (χ2v) is 9.46. The van der Waals surface area contributed by atoms with Gasteiger partial charge >= 0.3 is 29.6 Å². The second-order valence-electron chi connectivity index (χ2n) is 7.27. The topological polar surface area (TPSA) is 170 Å². The van der Waals surface area contributed by atoms with Crippen LogP contribution in [0.4, 0.5) is 5.95 Å². The van der Waals surface area contributed by atoms with Crippen LogP contribution < -0.4 is 45.7 Å². The Labute approximate surface area is 223 Å². The van der Waals surface area contributed by atoms with Crippen LogP contribution in [0.5, 0.6) is 0 Å². The van der Waals surface area contributed by atoms with Crippen molar-refractivity contribution in [3.8, 4) is 0 Å². The first-order valence-electron chi connectivity index (χ1n) is 9.79. The Bertz CT molecular complexity index is 1320. The van der Waals surface area contributed by atoms with E-state index < -0.39 is 23.3 Å². The van der Waals surface area contributed by atoms with Crippen molar-refractivity contribution in [1.29, 1.82) is 0 Å². The molecule has 14 heteroatoms. The van der Waals surface area contributed by atoms with E-state index in [2.05, 4.69) is 25.3 Å². The van der Waals surface area contributed by atoms with Gasteiger partial charge in [-0.15, -0.1) is 11.8 Å². The number of nitrogen functional groups attached to an aromatic ring is 1. The Balaban J connectivity index is 0.00000274. The number of carbonyl (C=O) groups excluding carboxylic acids is 3. The summed E-state index contributed by atoms with van der Waals surface area (Å²) in [6.45, 7) is 0. The zero-order chi connectivity index (χ0) is 23.1. The van der Waals surface area contributed by atoms with Crippen molar-refractivity contribution in [3.63, 3.8) is 0 Å². The van der Waals surface area contributed by atoms with Gasteiger partial charge in [-0.1, -0.05) is 42.1 Å². The van der Waals surface area contributed by atoms with E-state index in [9.17, 15) is 19.5 Å². The van der Waals surface area contributed by atoms with Crippen molar-refractivity contribution in [2.75, 3.05) is 11.5 Å². The van der Waals surface area contributed by atoms with Gasteiger partial charge in [0.05, 0.1) is 24.4 Å². The molecule has 2 aromatic heterocycles. The average Bonchev–Trinajstić information content (AvgIpc) is 3.26. The number of thioether (sulfide) groups is 2. The minimum Gasteiger partial charge on any atom is -0.543 e. The molecule has 3 aromatic rings. The zero-order valence-corrected chi connectivity index (χ0v) is 21.5. The summed E-state index contributed by atoms with van der Waals surface area (Å²) in [7, 11) is 0. The number of benzene rings is 1. The smallest absolute Gasteiger partial charge is 0.543 e. The molecule has 0 bridgehead atoms. The summed E-state index contributed by atoms with van der Waals surface area (Å²) < 4.78 is 0. The number of imidazole rings is 1. The summed E-state index contributed by atoms with van der Waals surface area (Å²) in [6, 6.07) is 8.34.